The Morgan fingerprint density at radius 2 is 1.75 bits per heavy atom. The SMILES string of the molecule is C[C@H](NC(=O)c1ccc2c(c1)OCC1(CC1)CO2)c1ccccc1. The summed E-state index contributed by atoms with van der Waals surface area (Å²) >= 11 is 0. The number of ether oxygens (including phenoxy) is 2. The van der Waals surface area contributed by atoms with Crippen molar-refractivity contribution in [2.24, 2.45) is 5.41 Å². The van der Waals surface area contributed by atoms with Gasteiger partial charge in [-0.25, -0.2) is 0 Å². The second-order valence-corrected chi connectivity index (χ2v) is 6.84. The van der Waals surface area contributed by atoms with Gasteiger partial charge in [-0.3, -0.25) is 4.79 Å². The third kappa shape index (κ3) is 2.96. The number of rotatable bonds is 3. The first-order valence-electron chi connectivity index (χ1n) is 8.41. The molecule has 1 aliphatic heterocycles. The molecule has 4 nitrogen and oxygen atoms in total. The predicted molar refractivity (Wildman–Crippen MR) is 91.4 cm³/mol. The second kappa shape index (κ2) is 5.86. The lowest BCUT2D eigenvalue weighted by Crippen LogP contribution is -2.26. The highest BCUT2D eigenvalue weighted by molar-refractivity contribution is 5.95. The van der Waals surface area contributed by atoms with E-state index in [4.69, 9.17) is 9.47 Å². The molecule has 1 heterocycles. The normalized spacial score (nSPS) is 18.5. The van der Waals surface area contributed by atoms with Crippen LogP contribution in [-0.2, 0) is 0 Å². The number of carbonyl (C=O) groups excluding carboxylic acids is 1. The molecule has 1 spiro atoms. The zero-order chi connectivity index (χ0) is 16.6. The lowest BCUT2D eigenvalue weighted by atomic mass is 10.1. The van der Waals surface area contributed by atoms with Crippen LogP contribution in [0.25, 0.3) is 0 Å². The van der Waals surface area contributed by atoms with Crippen LogP contribution in [0, 0.1) is 5.41 Å². The summed E-state index contributed by atoms with van der Waals surface area (Å²) in [4.78, 5) is 12.5. The second-order valence-electron chi connectivity index (χ2n) is 6.84. The van der Waals surface area contributed by atoms with Crippen molar-refractivity contribution in [1.82, 2.24) is 5.32 Å². The zero-order valence-corrected chi connectivity index (χ0v) is 13.7. The maximum Gasteiger partial charge on any atom is 0.251 e. The maximum absolute atomic E-state index is 12.5. The van der Waals surface area contributed by atoms with E-state index in [0.29, 0.717) is 24.5 Å². The molecule has 0 aromatic heterocycles. The molecule has 1 N–H and O–H groups in total. The molecular weight excluding hydrogens is 302 g/mol. The highest BCUT2D eigenvalue weighted by Gasteiger charge is 2.46. The number of nitrogens with one attached hydrogen (secondary N) is 1. The van der Waals surface area contributed by atoms with Crippen molar-refractivity contribution < 1.29 is 14.3 Å². The van der Waals surface area contributed by atoms with Crippen molar-refractivity contribution in [2.75, 3.05) is 13.2 Å². The van der Waals surface area contributed by atoms with Gasteiger partial charge >= 0.3 is 0 Å². The van der Waals surface area contributed by atoms with E-state index in [1.54, 1.807) is 12.1 Å². The predicted octanol–water partition coefficient (Wildman–Crippen LogP) is 3.73. The smallest absolute Gasteiger partial charge is 0.251 e. The van der Waals surface area contributed by atoms with Crippen LogP contribution in [0.2, 0.25) is 0 Å². The topological polar surface area (TPSA) is 47.6 Å². The van der Waals surface area contributed by atoms with Crippen LogP contribution in [-0.4, -0.2) is 19.1 Å². The van der Waals surface area contributed by atoms with E-state index in [9.17, 15) is 4.79 Å². The minimum absolute atomic E-state index is 0.0515. The fourth-order valence-corrected chi connectivity index (χ4v) is 2.96. The van der Waals surface area contributed by atoms with E-state index < -0.39 is 0 Å². The maximum atomic E-state index is 12.5. The van der Waals surface area contributed by atoms with Crippen LogP contribution in [0.15, 0.2) is 48.5 Å². The standard InChI is InChI=1S/C20H21NO3/c1-14(15-5-3-2-4-6-15)21-19(22)16-7-8-17-18(11-16)24-13-20(9-10-20)12-23-17/h2-8,11,14H,9-10,12-13H2,1H3,(H,21,22)/t14-/m0/s1. The van der Waals surface area contributed by atoms with E-state index >= 15 is 0 Å². The quantitative estimate of drug-likeness (QED) is 0.936. The Kier molecular flexibility index (Phi) is 3.68. The molecule has 4 rings (SSSR count). The van der Waals surface area contributed by atoms with Gasteiger partial charge < -0.3 is 14.8 Å². The number of fused-ring (bicyclic) bond motifs is 1. The molecule has 1 saturated carbocycles. The first kappa shape index (κ1) is 15.1. The van der Waals surface area contributed by atoms with E-state index in [-0.39, 0.29) is 17.4 Å². The summed E-state index contributed by atoms with van der Waals surface area (Å²) in [5.41, 5.74) is 1.87. The van der Waals surface area contributed by atoms with Crippen LogP contribution in [0.5, 0.6) is 11.5 Å². The Morgan fingerprint density at radius 3 is 2.46 bits per heavy atom. The van der Waals surface area contributed by atoms with E-state index in [1.807, 2.05) is 43.3 Å². The van der Waals surface area contributed by atoms with E-state index in [2.05, 4.69) is 5.32 Å². The van der Waals surface area contributed by atoms with Gasteiger partial charge in [-0.2, -0.15) is 0 Å². The molecule has 2 aromatic rings. The summed E-state index contributed by atoms with van der Waals surface area (Å²) in [6.07, 6.45) is 2.31. The van der Waals surface area contributed by atoms with Crippen molar-refractivity contribution in [3.8, 4) is 11.5 Å². The first-order valence-corrected chi connectivity index (χ1v) is 8.41. The third-order valence-electron chi connectivity index (χ3n) is 4.88. The molecular formula is C20H21NO3. The Bertz CT molecular complexity index is 753. The lowest BCUT2D eigenvalue weighted by molar-refractivity contribution is 0.0939. The molecule has 1 atom stereocenters. The van der Waals surface area contributed by atoms with Crippen molar-refractivity contribution in [2.45, 2.75) is 25.8 Å². The lowest BCUT2D eigenvalue weighted by Gasteiger charge is -2.15. The first-order chi connectivity index (χ1) is 11.7. The largest absolute Gasteiger partial charge is 0.489 e. The fourth-order valence-electron chi connectivity index (χ4n) is 2.96. The average Bonchev–Trinajstić information content (AvgIpc) is 3.42. The molecule has 0 radical (unpaired) electrons. The Morgan fingerprint density at radius 1 is 1.04 bits per heavy atom. The molecule has 2 aliphatic rings. The van der Waals surface area contributed by atoms with Crippen molar-refractivity contribution in [3.63, 3.8) is 0 Å². The molecule has 4 heteroatoms. The molecule has 1 aliphatic carbocycles. The molecule has 0 bridgehead atoms. The van der Waals surface area contributed by atoms with Crippen LogP contribution < -0.4 is 14.8 Å². The van der Waals surface area contributed by atoms with Crippen LogP contribution >= 0.6 is 0 Å². The van der Waals surface area contributed by atoms with Gasteiger partial charge in [0.1, 0.15) is 0 Å². The minimum atomic E-state index is -0.108. The van der Waals surface area contributed by atoms with Gasteiger partial charge in [0.15, 0.2) is 11.5 Å². The van der Waals surface area contributed by atoms with Crippen LogP contribution in [0.1, 0.15) is 41.7 Å². The number of amides is 1. The van der Waals surface area contributed by atoms with E-state index in [1.165, 1.54) is 0 Å². The highest BCUT2D eigenvalue weighted by Crippen LogP contribution is 2.49. The summed E-state index contributed by atoms with van der Waals surface area (Å²) in [5, 5.41) is 3.03. The van der Waals surface area contributed by atoms with Gasteiger partial charge in [-0.1, -0.05) is 30.3 Å². The summed E-state index contributed by atoms with van der Waals surface area (Å²) in [6, 6.07) is 15.3. The highest BCUT2D eigenvalue weighted by atomic mass is 16.5. The van der Waals surface area contributed by atoms with Gasteiger partial charge in [0, 0.05) is 11.0 Å². The molecule has 1 amide bonds. The number of hydrogen-bond donors (Lipinski definition) is 1. The molecule has 2 aromatic carbocycles. The summed E-state index contributed by atoms with van der Waals surface area (Å²) in [6.45, 7) is 3.36. The number of carbonyl (C=O) groups is 1. The van der Waals surface area contributed by atoms with E-state index in [0.717, 1.165) is 24.2 Å². The Balaban J connectivity index is 1.48. The minimum Gasteiger partial charge on any atom is -0.489 e. The zero-order valence-electron chi connectivity index (χ0n) is 13.7. The van der Waals surface area contributed by atoms with Gasteiger partial charge in [0.2, 0.25) is 0 Å². The molecule has 1 fully saturated rings. The summed E-state index contributed by atoms with van der Waals surface area (Å²) in [5.74, 6) is 1.29. The molecule has 24 heavy (non-hydrogen) atoms. The van der Waals surface area contributed by atoms with Gasteiger partial charge in [-0.15, -0.1) is 0 Å². The monoisotopic (exact) mass is 323 g/mol. The van der Waals surface area contributed by atoms with Crippen molar-refractivity contribution in [1.29, 1.82) is 0 Å². The Hall–Kier alpha value is -2.49. The molecule has 0 saturated heterocycles. The summed E-state index contributed by atoms with van der Waals surface area (Å²) < 4.78 is 11.8. The third-order valence-corrected chi connectivity index (χ3v) is 4.88. The van der Waals surface area contributed by atoms with Crippen LogP contribution in [0.3, 0.4) is 0 Å². The Labute approximate surface area is 141 Å². The van der Waals surface area contributed by atoms with Gasteiger partial charge in [-0.05, 0) is 43.5 Å². The van der Waals surface area contributed by atoms with Crippen molar-refractivity contribution >= 4 is 5.91 Å². The van der Waals surface area contributed by atoms with Gasteiger partial charge in [0.25, 0.3) is 5.91 Å². The number of hydrogen-bond acceptors (Lipinski definition) is 3. The molecule has 0 unspecified atom stereocenters. The van der Waals surface area contributed by atoms with Crippen molar-refractivity contribution in [3.05, 3.63) is 59.7 Å². The van der Waals surface area contributed by atoms with Gasteiger partial charge in [0.05, 0.1) is 19.3 Å². The fraction of sp³-hybridized carbons (Fsp3) is 0.350. The van der Waals surface area contributed by atoms with Crippen LogP contribution in [0.4, 0.5) is 0 Å². The summed E-state index contributed by atoms with van der Waals surface area (Å²) in [7, 11) is 0. The molecule has 124 valence electrons. The average molecular weight is 323 g/mol. The number of benzene rings is 2.